The number of nitrogens with one attached hydrogen (secondary N) is 2. The van der Waals surface area contributed by atoms with Gasteiger partial charge < -0.3 is 14.6 Å². The smallest absolute Gasteiger partial charge is 0.349 e. The summed E-state index contributed by atoms with van der Waals surface area (Å²) in [6.07, 6.45) is 0.824. The first-order valence-electron chi connectivity index (χ1n) is 6.88. The van der Waals surface area contributed by atoms with Crippen LogP contribution < -0.4 is 15.8 Å². The Kier molecular flexibility index (Phi) is 5.45. The number of hydrogen-bond donors (Lipinski definition) is 2. The van der Waals surface area contributed by atoms with Crippen LogP contribution in [0.1, 0.15) is 16.8 Å². The van der Waals surface area contributed by atoms with Crippen LogP contribution in [0.2, 0.25) is 10.0 Å². The van der Waals surface area contributed by atoms with E-state index in [2.05, 4.69) is 5.32 Å². The minimum Gasteiger partial charge on any atom is -0.421 e. The molecule has 0 aliphatic rings. The van der Waals surface area contributed by atoms with Gasteiger partial charge in [-0.15, -0.1) is 0 Å². The topological polar surface area (TPSA) is 63.8 Å². The van der Waals surface area contributed by atoms with E-state index in [1.165, 1.54) is 17.0 Å². The maximum absolute atomic E-state index is 12.1. The van der Waals surface area contributed by atoms with E-state index in [-0.39, 0.29) is 16.2 Å². The van der Waals surface area contributed by atoms with Crippen LogP contribution in [0.3, 0.4) is 0 Å². The lowest BCUT2D eigenvalue weighted by Gasteiger charge is -2.08. The van der Waals surface area contributed by atoms with E-state index in [9.17, 15) is 9.59 Å². The van der Waals surface area contributed by atoms with Crippen LogP contribution in [0.4, 0.5) is 0 Å². The molecule has 0 bridgehead atoms. The molecule has 0 saturated heterocycles. The molecule has 0 spiro atoms. The van der Waals surface area contributed by atoms with Gasteiger partial charge in [-0.1, -0.05) is 23.2 Å². The van der Waals surface area contributed by atoms with E-state index in [1.54, 1.807) is 6.07 Å². The zero-order chi connectivity index (χ0) is 16.3. The van der Waals surface area contributed by atoms with Crippen LogP contribution in [0.5, 0.6) is 0 Å². The molecule has 2 aromatic rings. The van der Waals surface area contributed by atoms with Crippen molar-refractivity contribution < 1.29 is 14.1 Å². The van der Waals surface area contributed by atoms with E-state index in [1.807, 2.05) is 14.1 Å². The van der Waals surface area contributed by atoms with Crippen molar-refractivity contribution in [2.45, 2.75) is 6.42 Å². The Morgan fingerprint density at radius 1 is 1.27 bits per heavy atom. The van der Waals surface area contributed by atoms with E-state index in [0.29, 0.717) is 17.0 Å². The van der Waals surface area contributed by atoms with Gasteiger partial charge in [-0.25, -0.2) is 4.79 Å². The molecular formula is C15H17Cl2N2O3+. The fourth-order valence-electron chi connectivity index (χ4n) is 2.05. The first-order valence-corrected chi connectivity index (χ1v) is 7.64. The summed E-state index contributed by atoms with van der Waals surface area (Å²) in [5.41, 5.74) is -0.542. The summed E-state index contributed by atoms with van der Waals surface area (Å²) in [7, 11) is 4.07. The fraction of sp³-hybridized carbons (Fsp3) is 0.333. The van der Waals surface area contributed by atoms with Crippen molar-refractivity contribution in [2.75, 3.05) is 27.2 Å². The molecule has 0 saturated carbocycles. The quantitative estimate of drug-likeness (QED) is 0.636. The molecule has 5 nitrogen and oxygen atoms in total. The molecule has 2 N–H and O–H groups in total. The maximum atomic E-state index is 12.1. The van der Waals surface area contributed by atoms with Crippen LogP contribution in [0.25, 0.3) is 11.0 Å². The molecule has 0 fully saturated rings. The lowest BCUT2D eigenvalue weighted by atomic mass is 10.1. The summed E-state index contributed by atoms with van der Waals surface area (Å²) in [6.45, 7) is 1.43. The van der Waals surface area contributed by atoms with Crippen LogP contribution in [0, 0.1) is 0 Å². The summed E-state index contributed by atoms with van der Waals surface area (Å²) in [6, 6.07) is 4.53. The van der Waals surface area contributed by atoms with Gasteiger partial charge in [-0.2, -0.15) is 0 Å². The second-order valence-electron chi connectivity index (χ2n) is 5.32. The Morgan fingerprint density at radius 3 is 2.68 bits per heavy atom. The van der Waals surface area contributed by atoms with E-state index in [4.69, 9.17) is 27.6 Å². The van der Waals surface area contributed by atoms with Gasteiger partial charge >= 0.3 is 5.63 Å². The van der Waals surface area contributed by atoms with Crippen molar-refractivity contribution in [1.29, 1.82) is 0 Å². The fourth-order valence-corrected chi connectivity index (χ4v) is 2.60. The molecule has 2 rings (SSSR count). The number of hydrogen-bond acceptors (Lipinski definition) is 3. The largest absolute Gasteiger partial charge is 0.421 e. The second-order valence-corrected chi connectivity index (χ2v) is 6.16. The molecule has 0 unspecified atom stereocenters. The molecule has 1 aromatic heterocycles. The molecule has 1 aromatic carbocycles. The molecule has 1 heterocycles. The number of amides is 1. The summed E-state index contributed by atoms with van der Waals surface area (Å²) < 4.78 is 5.13. The highest BCUT2D eigenvalue weighted by molar-refractivity contribution is 6.38. The molecule has 22 heavy (non-hydrogen) atoms. The number of quaternary nitrogens is 1. The Morgan fingerprint density at radius 2 is 2.00 bits per heavy atom. The summed E-state index contributed by atoms with van der Waals surface area (Å²) >= 11 is 11.9. The normalized spacial score (nSPS) is 11.1. The highest BCUT2D eigenvalue weighted by Gasteiger charge is 2.15. The first-order chi connectivity index (χ1) is 10.4. The van der Waals surface area contributed by atoms with Gasteiger partial charge in [0, 0.05) is 23.4 Å². The third-order valence-electron chi connectivity index (χ3n) is 3.14. The predicted molar refractivity (Wildman–Crippen MR) is 87.1 cm³/mol. The van der Waals surface area contributed by atoms with Gasteiger partial charge in [0.1, 0.15) is 5.56 Å². The minimum absolute atomic E-state index is 0.0527. The Balaban J connectivity index is 2.22. The number of rotatable bonds is 5. The van der Waals surface area contributed by atoms with Crippen molar-refractivity contribution in [2.24, 2.45) is 0 Å². The van der Waals surface area contributed by atoms with Crippen LogP contribution in [-0.4, -0.2) is 33.1 Å². The molecule has 0 aliphatic carbocycles. The summed E-state index contributed by atoms with van der Waals surface area (Å²) in [5, 5.41) is 3.87. The van der Waals surface area contributed by atoms with Gasteiger partial charge in [-0.05, 0) is 18.2 Å². The molecule has 118 valence electrons. The molecule has 0 atom stereocenters. The van der Waals surface area contributed by atoms with Crippen molar-refractivity contribution in [3.05, 3.63) is 44.2 Å². The molecule has 0 aliphatic heterocycles. The second kappa shape index (κ2) is 7.13. The third kappa shape index (κ3) is 4.00. The molecule has 7 heteroatoms. The van der Waals surface area contributed by atoms with E-state index < -0.39 is 11.5 Å². The highest BCUT2D eigenvalue weighted by Crippen LogP contribution is 2.27. The number of carbonyl (C=O) groups is 1. The number of benzene rings is 1. The van der Waals surface area contributed by atoms with Crippen LogP contribution in [-0.2, 0) is 0 Å². The van der Waals surface area contributed by atoms with Crippen molar-refractivity contribution in [3.8, 4) is 0 Å². The Labute approximate surface area is 137 Å². The highest BCUT2D eigenvalue weighted by atomic mass is 35.5. The predicted octanol–water partition coefficient (Wildman–Crippen LogP) is 1.36. The SMILES string of the molecule is C[NH+](C)CCCNC(=O)c1cc2cc(Cl)cc(Cl)c2oc1=O. The zero-order valence-electron chi connectivity index (χ0n) is 12.3. The average Bonchev–Trinajstić information content (AvgIpc) is 2.43. The third-order valence-corrected chi connectivity index (χ3v) is 3.63. The molecule has 0 radical (unpaired) electrons. The maximum Gasteiger partial charge on any atom is 0.349 e. The minimum atomic E-state index is -0.715. The van der Waals surface area contributed by atoms with E-state index in [0.717, 1.165) is 13.0 Å². The van der Waals surface area contributed by atoms with E-state index >= 15 is 0 Å². The van der Waals surface area contributed by atoms with Crippen molar-refractivity contribution in [1.82, 2.24) is 5.32 Å². The Bertz CT molecular complexity index is 756. The summed E-state index contributed by atoms with van der Waals surface area (Å²) in [5.74, 6) is -0.458. The molecular weight excluding hydrogens is 327 g/mol. The standard InChI is InChI=1S/C15H16Cl2N2O3/c1-19(2)5-3-4-18-14(20)11-7-9-6-10(16)8-12(17)13(9)22-15(11)21/h6-8H,3-5H2,1-2H3,(H,18,20)/p+1. The Hall–Kier alpha value is -1.56. The van der Waals surface area contributed by atoms with Gasteiger partial charge in [0.05, 0.1) is 25.7 Å². The first kappa shape index (κ1) is 16.8. The average molecular weight is 344 g/mol. The zero-order valence-corrected chi connectivity index (χ0v) is 13.8. The van der Waals surface area contributed by atoms with Crippen molar-refractivity contribution >= 4 is 40.1 Å². The lowest BCUT2D eigenvalue weighted by Crippen LogP contribution is -3.05. The van der Waals surface area contributed by atoms with Gasteiger partial charge in [0.15, 0.2) is 5.58 Å². The van der Waals surface area contributed by atoms with Gasteiger partial charge in [-0.3, -0.25) is 4.79 Å². The summed E-state index contributed by atoms with van der Waals surface area (Å²) in [4.78, 5) is 25.3. The van der Waals surface area contributed by atoms with Crippen LogP contribution in [0.15, 0.2) is 27.4 Å². The van der Waals surface area contributed by atoms with Crippen LogP contribution >= 0.6 is 23.2 Å². The van der Waals surface area contributed by atoms with Crippen molar-refractivity contribution in [3.63, 3.8) is 0 Å². The van der Waals surface area contributed by atoms with Gasteiger partial charge in [0.25, 0.3) is 5.91 Å². The van der Waals surface area contributed by atoms with Gasteiger partial charge in [0.2, 0.25) is 0 Å². The monoisotopic (exact) mass is 343 g/mol. The number of carbonyl (C=O) groups excluding carboxylic acids is 1. The molecule has 1 amide bonds. The number of halogens is 2. The number of fused-ring (bicyclic) bond motifs is 1. The lowest BCUT2D eigenvalue weighted by molar-refractivity contribution is -0.858.